The summed E-state index contributed by atoms with van der Waals surface area (Å²) >= 11 is 0. The number of aryl methyl sites for hydroxylation is 1. The third kappa shape index (κ3) is 4.21. The highest BCUT2D eigenvalue weighted by Crippen LogP contribution is 2.29. The molecule has 1 aliphatic heterocycles. The molecule has 0 aromatic heterocycles. The number of rotatable bonds is 6. The maximum atomic E-state index is 12.8. The second kappa shape index (κ2) is 7.29. The lowest BCUT2D eigenvalue weighted by Gasteiger charge is -2.31. The van der Waals surface area contributed by atoms with Gasteiger partial charge >= 0.3 is 5.97 Å². The maximum absolute atomic E-state index is 12.8. The van der Waals surface area contributed by atoms with Crippen molar-refractivity contribution in [3.63, 3.8) is 0 Å². The van der Waals surface area contributed by atoms with E-state index in [9.17, 15) is 13.2 Å². The van der Waals surface area contributed by atoms with Crippen molar-refractivity contribution in [2.45, 2.75) is 30.8 Å². The molecular weight excluding hydrogens is 322 g/mol. The highest BCUT2D eigenvalue weighted by atomic mass is 32.2. The monoisotopic (exact) mass is 343 g/mol. The van der Waals surface area contributed by atoms with Gasteiger partial charge in [-0.25, -0.2) is 13.2 Å². The van der Waals surface area contributed by atoms with E-state index in [2.05, 4.69) is 0 Å². The lowest BCUT2D eigenvalue weighted by molar-refractivity contribution is -0.145. The van der Waals surface area contributed by atoms with Crippen LogP contribution in [0.15, 0.2) is 23.1 Å². The second-order valence-corrected chi connectivity index (χ2v) is 7.37. The number of aliphatic carboxylic acids is 1. The second-order valence-electron chi connectivity index (χ2n) is 5.46. The minimum atomic E-state index is -3.65. The van der Waals surface area contributed by atoms with Gasteiger partial charge in [0.05, 0.1) is 13.2 Å². The lowest BCUT2D eigenvalue weighted by atomic mass is 10.1. The van der Waals surface area contributed by atoms with Gasteiger partial charge < -0.3 is 14.6 Å². The summed E-state index contributed by atoms with van der Waals surface area (Å²) in [4.78, 5) is 10.7. The fourth-order valence-corrected chi connectivity index (χ4v) is 4.26. The predicted molar refractivity (Wildman–Crippen MR) is 83.1 cm³/mol. The Balaban J connectivity index is 2.10. The van der Waals surface area contributed by atoms with Crippen molar-refractivity contribution < 1.29 is 27.8 Å². The Morgan fingerprint density at radius 2 is 2.00 bits per heavy atom. The Morgan fingerprint density at radius 1 is 1.35 bits per heavy atom. The first-order valence-electron chi connectivity index (χ1n) is 7.33. The summed E-state index contributed by atoms with van der Waals surface area (Å²) in [5.74, 6) is -0.704. The van der Waals surface area contributed by atoms with Crippen molar-refractivity contribution in [1.82, 2.24) is 4.31 Å². The number of hydrogen-bond donors (Lipinski definition) is 1. The first kappa shape index (κ1) is 17.7. The minimum absolute atomic E-state index is 0.157. The molecule has 8 heteroatoms. The van der Waals surface area contributed by atoms with E-state index in [1.807, 2.05) is 6.92 Å². The molecule has 0 aliphatic carbocycles. The average Bonchev–Trinajstić information content (AvgIpc) is 2.53. The molecule has 0 spiro atoms. The highest BCUT2D eigenvalue weighted by molar-refractivity contribution is 7.89. The largest absolute Gasteiger partial charge is 0.495 e. The summed E-state index contributed by atoms with van der Waals surface area (Å²) in [7, 11) is -2.21. The van der Waals surface area contributed by atoms with Crippen LogP contribution in [0.2, 0.25) is 0 Å². The predicted octanol–water partition coefficient (Wildman–Crippen LogP) is 1.26. The lowest BCUT2D eigenvalue weighted by Crippen LogP contribution is -2.41. The normalized spacial score (nSPS) is 17.1. The van der Waals surface area contributed by atoms with Crippen molar-refractivity contribution in [3.05, 3.63) is 23.8 Å². The number of benzene rings is 1. The molecule has 23 heavy (non-hydrogen) atoms. The van der Waals surface area contributed by atoms with Crippen LogP contribution in [-0.4, -0.2) is 56.7 Å². The van der Waals surface area contributed by atoms with Gasteiger partial charge in [0.15, 0.2) is 0 Å². The molecule has 0 bridgehead atoms. The van der Waals surface area contributed by atoms with Gasteiger partial charge in [-0.3, -0.25) is 0 Å². The summed E-state index contributed by atoms with van der Waals surface area (Å²) in [6, 6.07) is 5.04. The summed E-state index contributed by atoms with van der Waals surface area (Å²) in [5, 5.41) is 8.61. The number of carbonyl (C=O) groups is 1. The number of piperidine rings is 1. The van der Waals surface area contributed by atoms with Crippen LogP contribution in [0.5, 0.6) is 5.75 Å². The molecule has 0 amide bonds. The van der Waals surface area contributed by atoms with E-state index in [0.29, 0.717) is 31.7 Å². The molecule has 1 heterocycles. The van der Waals surface area contributed by atoms with Crippen LogP contribution in [0.1, 0.15) is 18.4 Å². The van der Waals surface area contributed by atoms with Crippen molar-refractivity contribution in [3.8, 4) is 5.75 Å². The van der Waals surface area contributed by atoms with E-state index >= 15 is 0 Å². The molecule has 1 N–H and O–H groups in total. The zero-order chi connectivity index (χ0) is 17.0. The molecular formula is C15H21NO6S. The van der Waals surface area contributed by atoms with E-state index < -0.39 is 16.0 Å². The molecule has 0 unspecified atom stereocenters. The van der Waals surface area contributed by atoms with Gasteiger partial charge in [-0.15, -0.1) is 0 Å². The topological polar surface area (TPSA) is 93.1 Å². The third-order valence-electron chi connectivity index (χ3n) is 3.78. The average molecular weight is 343 g/mol. The SMILES string of the molecule is COc1ccc(C)cc1S(=O)(=O)N1CCC(OCC(=O)O)CC1. The van der Waals surface area contributed by atoms with Crippen LogP contribution >= 0.6 is 0 Å². The molecule has 2 rings (SSSR count). The maximum Gasteiger partial charge on any atom is 0.329 e. The van der Waals surface area contributed by atoms with E-state index in [-0.39, 0.29) is 17.6 Å². The van der Waals surface area contributed by atoms with Gasteiger partial charge in [-0.05, 0) is 37.5 Å². The molecule has 1 aromatic carbocycles. The van der Waals surface area contributed by atoms with Crippen molar-refractivity contribution >= 4 is 16.0 Å². The van der Waals surface area contributed by atoms with Gasteiger partial charge in [-0.2, -0.15) is 4.31 Å². The standard InChI is InChI=1S/C15H21NO6S/c1-11-3-4-13(21-2)14(9-11)23(19,20)16-7-5-12(6-8-16)22-10-15(17)18/h3-4,9,12H,5-8,10H2,1-2H3,(H,17,18). The molecule has 0 saturated carbocycles. The van der Waals surface area contributed by atoms with Crippen LogP contribution in [-0.2, 0) is 19.6 Å². The zero-order valence-corrected chi connectivity index (χ0v) is 14.0. The third-order valence-corrected chi connectivity index (χ3v) is 5.70. The minimum Gasteiger partial charge on any atom is -0.495 e. The van der Waals surface area contributed by atoms with Crippen molar-refractivity contribution in [2.24, 2.45) is 0 Å². The Bertz CT molecular complexity index is 665. The molecule has 128 valence electrons. The number of methoxy groups -OCH3 is 1. The summed E-state index contributed by atoms with van der Waals surface area (Å²) in [5.41, 5.74) is 0.837. The molecule has 1 saturated heterocycles. The molecule has 0 atom stereocenters. The summed E-state index contributed by atoms with van der Waals surface area (Å²) < 4.78 is 37.4. The quantitative estimate of drug-likeness (QED) is 0.836. The summed E-state index contributed by atoms with van der Waals surface area (Å²) in [6.07, 6.45) is 0.721. The van der Waals surface area contributed by atoms with Crippen molar-refractivity contribution in [1.29, 1.82) is 0 Å². The molecule has 1 aromatic rings. The van der Waals surface area contributed by atoms with E-state index in [4.69, 9.17) is 14.6 Å². The van der Waals surface area contributed by atoms with Crippen LogP contribution in [0.4, 0.5) is 0 Å². The van der Waals surface area contributed by atoms with Gasteiger partial charge in [0.25, 0.3) is 0 Å². The smallest absolute Gasteiger partial charge is 0.329 e. The highest BCUT2D eigenvalue weighted by Gasteiger charge is 2.32. The number of ether oxygens (including phenoxy) is 2. The van der Waals surface area contributed by atoms with Gasteiger partial charge in [-0.1, -0.05) is 6.07 Å². The molecule has 7 nitrogen and oxygen atoms in total. The van der Waals surface area contributed by atoms with E-state index in [1.165, 1.54) is 11.4 Å². The van der Waals surface area contributed by atoms with Crippen LogP contribution in [0, 0.1) is 6.92 Å². The first-order chi connectivity index (χ1) is 10.8. The van der Waals surface area contributed by atoms with E-state index in [0.717, 1.165) is 5.56 Å². The number of nitrogens with zero attached hydrogens (tertiary/aromatic N) is 1. The van der Waals surface area contributed by atoms with Crippen molar-refractivity contribution in [2.75, 3.05) is 26.8 Å². The Morgan fingerprint density at radius 3 is 2.57 bits per heavy atom. The fourth-order valence-electron chi connectivity index (χ4n) is 2.55. The van der Waals surface area contributed by atoms with Gasteiger partial charge in [0, 0.05) is 13.1 Å². The number of hydrogen-bond acceptors (Lipinski definition) is 5. The first-order valence-corrected chi connectivity index (χ1v) is 8.77. The van der Waals surface area contributed by atoms with Gasteiger partial charge in [0.2, 0.25) is 10.0 Å². The van der Waals surface area contributed by atoms with Crippen LogP contribution < -0.4 is 4.74 Å². The Hall–Kier alpha value is -1.64. The molecule has 0 radical (unpaired) electrons. The molecule has 1 fully saturated rings. The Kier molecular flexibility index (Phi) is 5.61. The number of sulfonamides is 1. The zero-order valence-electron chi connectivity index (χ0n) is 13.2. The summed E-state index contributed by atoms with van der Waals surface area (Å²) in [6.45, 7) is 2.06. The van der Waals surface area contributed by atoms with Crippen LogP contribution in [0.25, 0.3) is 0 Å². The number of carboxylic acid groups (broad SMARTS) is 1. The Labute approximate surface area is 135 Å². The molecule has 1 aliphatic rings. The fraction of sp³-hybridized carbons (Fsp3) is 0.533. The van der Waals surface area contributed by atoms with E-state index in [1.54, 1.807) is 18.2 Å². The van der Waals surface area contributed by atoms with Gasteiger partial charge in [0.1, 0.15) is 17.3 Å². The van der Waals surface area contributed by atoms with Crippen LogP contribution in [0.3, 0.4) is 0 Å². The number of carboxylic acids is 1.